The second kappa shape index (κ2) is 7.96. The van der Waals surface area contributed by atoms with Gasteiger partial charge >= 0.3 is 0 Å². The van der Waals surface area contributed by atoms with Crippen molar-refractivity contribution >= 4 is 17.2 Å². The average molecular weight is 347 g/mol. The van der Waals surface area contributed by atoms with Crippen LogP contribution in [0.1, 0.15) is 23.0 Å². The second-order valence-electron chi connectivity index (χ2n) is 6.44. The van der Waals surface area contributed by atoms with Gasteiger partial charge in [-0.2, -0.15) is 0 Å². The van der Waals surface area contributed by atoms with Crippen LogP contribution >= 0.6 is 11.3 Å². The summed E-state index contributed by atoms with van der Waals surface area (Å²) in [5.74, 6) is 0.0135. The van der Waals surface area contributed by atoms with E-state index in [1.54, 1.807) is 19.0 Å². The topological polar surface area (TPSA) is 37.7 Å². The van der Waals surface area contributed by atoms with Gasteiger partial charge in [0.05, 0.1) is 0 Å². The first-order valence-corrected chi connectivity index (χ1v) is 9.20. The first-order chi connectivity index (χ1) is 11.6. The van der Waals surface area contributed by atoms with E-state index in [1.807, 2.05) is 11.3 Å². The zero-order valence-electron chi connectivity index (χ0n) is 14.4. The Morgan fingerprint density at radius 2 is 2.25 bits per heavy atom. The van der Waals surface area contributed by atoms with E-state index in [2.05, 4.69) is 45.3 Å². The number of hydrogen-bond acceptors (Lipinski definition) is 4. The lowest BCUT2D eigenvalue weighted by Gasteiger charge is -2.35. The van der Waals surface area contributed by atoms with Crippen molar-refractivity contribution in [3.05, 3.63) is 46.4 Å². The number of likely N-dealkylation sites (N-methyl/N-ethyl adjacent to an activating group) is 1. The van der Waals surface area contributed by atoms with Gasteiger partial charge in [0, 0.05) is 63.1 Å². The molecule has 1 aliphatic heterocycles. The van der Waals surface area contributed by atoms with Crippen LogP contribution in [0.3, 0.4) is 0 Å². The van der Waals surface area contributed by atoms with Gasteiger partial charge in [0.25, 0.3) is 0 Å². The van der Waals surface area contributed by atoms with E-state index >= 15 is 0 Å². The zero-order valence-corrected chi connectivity index (χ0v) is 15.2. The summed E-state index contributed by atoms with van der Waals surface area (Å²) in [7, 11) is 3.50. The number of rotatable bonds is 7. The Bertz CT molecular complexity index is 651. The summed E-state index contributed by atoms with van der Waals surface area (Å²) in [5.41, 5.74) is 1.35. The summed E-state index contributed by atoms with van der Waals surface area (Å²) < 4.78 is 7.93. The van der Waals surface area contributed by atoms with Gasteiger partial charge in [-0.05, 0) is 30.0 Å². The van der Waals surface area contributed by atoms with Crippen LogP contribution in [0, 0.1) is 0 Å². The van der Waals surface area contributed by atoms with Crippen LogP contribution in [0.15, 0.2) is 35.8 Å². The van der Waals surface area contributed by atoms with Crippen LogP contribution in [0.2, 0.25) is 0 Å². The van der Waals surface area contributed by atoms with E-state index in [9.17, 15) is 4.79 Å². The third-order valence-corrected chi connectivity index (χ3v) is 5.26. The molecule has 0 fully saturated rings. The molecule has 1 atom stereocenters. The summed E-state index contributed by atoms with van der Waals surface area (Å²) >= 11 is 1.81. The quantitative estimate of drug-likeness (QED) is 0.723. The van der Waals surface area contributed by atoms with Crippen molar-refractivity contribution in [1.82, 2.24) is 14.4 Å². The number of nitrogens with zero attached hydrogens (tertiary/aromatic N) is 3. The molecule has 5 nitrogen and oxygen atoms in total. The minimum absolute atomic E-state index is 0.0135. The Kier molecular flexibility index (Phi) is 5.71. The number of amides is 1. The number of ether oxygens (including phenoxy) is 1. The van der Waals surface area contributed by atoms with E-state index in [0.717, 1.165) is 26.1 Å². The maximum absolute atomic E-state index is 11.6. The molecule has 2 aromatic heterocycles. The third-order valence-electron chi connectivity index (χ3n) is 4.39. The van der Waals surface area contributed by atoms with Crippen molar-refractivity contribution in [2.75, 3.05) is 33.9 Å². The summed E-state index contributed by atoms with van der Waals surface area (Å²) in [4.78, 5) is 17.0. The molecular weight excluding hydrogens is 322 g/mol. The molecule has 0 spiro atoms. The summed E-state index contributed by atoms with van der Waals surface area (Å²) in [6, 6.07) is 9.03. The highest BCUT2D eigenvalue weighted by Gasteiger charge is 2.24. The van der Waals surface area contributed by atoms with Crippen molar-refractivity contribution in [3.63, 3.8) is 0 Å². The lowest BCUT2D eigenvalue weighted by molar-refractivity contribution is -0.133. The van der Waals surface area contributed by atoms with Gasteiger partial charge in [-0.1, -0.05) is 6.07 Å². The van der Waals surface area contributed by atoms with Crippen molar-refractivity contribution in [3.8, 4) is 0 Å². The van der Waals surface area contributed by atoms with E-state index in [-0.39, 0.29) is 12.5 Å². The van der Waals surface area contributed by atoms with Gasteiger partial charge in [-0.3, -0.25) is 9.69 Å². The highest BCUT2D eigenvalue weighted by Crippen LogP contribution is 2.26. The Hall–Kier alpha value is -1.63. The molecule has 0 aromatic carbocycles. The van der Waals surface area contributed by atoms with Crippen molar-refractivity contribution in [1.29, 1.82) is 0 Å². The maximum Gasteiger partial charge on any atom is 0.248 e. The Labute approximate surface area is 147 Å². The molecular formula is C18H25N3O2S. The summed E-state index contributed by atoms with van der Waals surface area (Å²) in [5, 5.41) is 2.13. The molecule has 0 N–H and O–H groups in total. The monoisotopic (exact) mass is 347 g/mol. The number of hydrogen-bond donors (Lipinski definition) is 0. The van der Waals surface area contributed by atoms with Gasteiger partial charge < -0.3 is 14.2 Å². The SMILES string of the molecule is CN(C)C(=O)COCC[C@@H]1CN(Cc2cccs2)Cc2cccn21. The molecule has 0 saturated heterocycles. The Balaban J connectivity index is 1.55. The number of carbonyl (C=O) groups is 1. The highest BCUT2D eigenvalue weighted by atomic mass is 32.1. The molecule has 0 saturated carbocycles. The molecule has 130 valence electrons. The second-order valence-corrected chi connectivity index (χ2v) is 7.47. The van der Waals surface area contributed by atoms with Crippen molar-refractivity contribution in [2.24, 2.45) is 0 Å². The van der Waals surface area contributed by atoms with Crippen molar-refractivity contribution < 1.29 is 9.53 Å². The van der Waals surface area contributed by atoms with Crippen LogP contribution < -0.4 is 0 Å². The first-order valence-electron chi connectivity index (χ1n) is 8.32. The fourth-order valence-corrected chi connectivity index (χ4v) is 3.83. The molecule has 0 bridgehead atoms. The molecule has 1 aliphatic rings. The summed E-state index contributed by atoms with van der Waals surface area (Å²) in [6.07, 6.45) is 3.08. The highest BCUT2D eigenvalue weighted by molar-refractivity contribution is 7.09. The third kappa shape index (κ3) is 4.26. The van der Waals surface area contributed by atoms with Crippen LogP contribution in [0.25, 0.3) is 0 Å². The van der Waals surface area contributed by atoms with Gasteiger partial charge in [-0.25, -0.2) is 0 Å². The van der Waals surface area contributed by atoms with E-state index < -0.39 is 0 Å². The molecule has 2 aromatic rings. The van der Waals surface area contributed by atoms with Crippen molar-refractivity contribution in [2.45, 2.75) is 25.6 Å². The van der Waals surface area contributed by atoms with E-state index in [1.165, 1.54) is 10.6 Å². The molecule has 3 rings (SSSR count). The number of aromatic nitrogens is 1. The van der Waals surface area contributed by atoms with E-state index in [4.69, 9.17) is 4.74 Å². The number of thiophene rings is 1. The lowest BCUT2D eigenvalue weighted by atomic mass is 10.1. The fraction of sp³-hybridized carbons (Fsp3) is 0.500. The van der Waals surface area contributed by atoms with E-state index in [0.29, 0.717) is 12.6 Å². The predicted octanol–water partition coefficient (Wildman–Crippen LogP) is 2.60. The fourth-order valence-electron chi connectivity index (χ4n) is 3.08. The van der Waals surface area contributed by atoms with Gasteiger partial charge in [0.2, 0.25) is 5.91 Å². The van der Waals surface area contributed by atoms with Crippen LogP contribution in [0.5, 0.6) is 0 Å². The molecule has 0 radical (unpaired) electrons. The van der Waals surface area contributed by atoms with Crippen LogP contribution in [0.4, 0.5) is 0 Å². The smallest absolute Gasteiger partial charge is 0.248 e. The lowest BCUT2D eigenvalue weighted by Crippen LogP contribution is -2.37. The molecule has 24 heavy (non-hydrogen) atoms. The maximum atomic E-state index is 11.6. The predicted molar refractivity (Wildman–Crippen MR) is 96.0 cm³/mol. The molecule has 0 unspecified atom stereocenters. The Morgan fingerprint density at radius 1 is 1.38 bits per heavy atom. The van der Waals surface area contributed by atoms with Gasteiger partial charge in [-0.15, -0.1) is 11.3 Å². The number of fused-ring (bicyclic) bond motifs is 1. The minimum Gasteiger partial charge on any atom is -0.372 e. The molecule has 1 amide bonds. The largest absolute Gasteiger partial charge is 0.372 e. The van der Waals surface area contributed by atoms with Gasteiger partial charge in [0.1, 0.15) is 6.61 Å². The molecule has 0 aliphatic carbocycles. The minimum atomic E-state index is 0.0135. The first kappa shape index (κ1) is 17.2. The van der Waals surface area contributed by atoms with Crippen LogP contribution in [-0.2, 0) is 22.6 Å². The zero-order chi connectivity index (χ0) is 16.9. The average Bonchev–Trinajstić information content (AvgIpc) is 3.22. The number of carbonyl (C=O) groups excluding carboxylic acids is 1. The Morgan fingerprint density at radius 3 is 3.00 bits per heavy atom. The summed E-state index contributed by atoms with van der Waals surface area (Å²) in [6.45, 7) is 3.77. The van der Waals surface area contributed by atoms with Crippen LogP contribution in [-0.4, -0.2) is 54.1 Å². The molecule has 6 heteroatoms. The van der Waals surface area contributed by atoms with Gasteiger partial charge in [0.15, 0.2) is 0 Å². The normalized spacial score (nSPS) is 17.7. The molecule has 3 heterocycles. The standard InChI is InChI=1S/C18H25N3O2S/c1-19(2)18(22)14-23-9-7-16-12-20(13-17-6-4-10-24-17)11-15-5-3-8-21(15)16/h3-6,8,10,16H,7,9,11-14H2,1-2H3/t16-/m1/s1.